The first-order valence-corrected chi connectivity index (χ1v) is 8.24. The van der Waals surface area contributed by atoms with Gasteiger partial charge in [0.1, 0.15) is 0 Å². The zero-order chi connectivity index (χ0) is 17.0. The van der Waals surface area contributed by atoms with E-state index in [1.165, 1.54) is 6.07 Å². The second-order valence-corrected chi connectivity index (χ2v) is 6.19. The van der Waals surface area contributed by atoms with Crippen molar-refractivity contribution in [3.05, 3.63) is 28.4 Å². The van der Waals surface area contributed by atoms with E-state index in [0.717, 1.165) is 44.7 Å². The summed E-state index contributed by atoms with van der Waals surface area (Å²) in [5, 5.41) is 21.3. The Kier molecular flexibility index (Phi) is 5.54. The van der Waals surface area contributed by atoms with Gasteiger partial charge in [0.2, 0.25) is 0 Å². The number of hydrogen-bond donors (Lipinski definition) is 1. The van der Waals surface area contributed by atoms with Crippen LogP contribution in [0.15, 0.2) is 18.3 Å². The van der Waals surface area contributed by atoms with Gasteiger partial charge >= 0.3 is 5.82 Å². The minimum absolute atomic E-state index is 0.133. The Hall–Kier alpha value is -1.73. The molecule has 2 aliphatic heterocycles. The minimum atomic E-state index is -0.582. The first kappa shape index (κ1) is 17.6. The van der Waals surface area contributed by atoms with Crippen LogP contribution in [0.4, 0.5) is 11.5 Å². The molecule has 23 heavy (non-hydrogen) atoms. The van der Waals surface area contributed by atoms with Crippen LogP contribution in [0, 0.1) is 16.0 Å². The van der Waals surface area contributed by atoms with Gasteiger partial charge in [0.05, 0.1) is 11.3 Å². The van der Waals surface area contributed by atoms with Gasteiger partial charge < -0.3 is 25.0 Å². The van der Waals surface area contributed by atoms with Crippen LogP contribution in [0.2, 0.25) is 0 Å². The summed E-state index contributed by atoms with van der Waals surface area (Å²) < 4.78 is 0. The molecule has 3 heterocycles. The highest BCUT2D eigenvalue weighted by molar-refractivity contribution is 5.47. The Morgan fingerprint density at radius 1 is 1.39 bits per heavy atom. The molecule has 128 valence electrons. The molecule has 2 fully saturated rings. The molecule has 7 nitrogen and oxygen atoms in total. The third-order valence-corrected chi connectivity index (χ3v) is 4.55. The summed E-state index contributed by atoms with van der Waals surface area (Å²) in [6.45, 7) is 7.14. The van der Waals surface area contributed by atoms with Crippen molar-refractivity contribution >= 4 is 11.5 Å². The van der Waals surface area contributed by atoms with E-state index >= 15 is 0 Å². The van der Waals surface area contributed by atoms with Crippen molar-refractivity contribution < 1.29 is 10.0 Å². The summed E-state index contributed by atoms with van der Waals surface area (Å²) in [4.78, 5) is 18.3. The van der Waals surface area contributed by atoms with Crippen LogP contribution < -0.4 is 4.90 Å². The molecular formula is C16H26N4O3. The van der Waals surface area contributed by atoms with Crippen molar-refractivity contribution in [1.82, 2.24) is 9.88 Å². The van der Waals surface area contributed by atoms with Crippen molar-refractivity contribution in [2.45, 2.75) is 32.3 Å². The van der Waals surface area contributed by atoms with E-state index in [2.05, 4.69) is 14.8 Å². The van der Waals surface area contributed by atoms with Crippen LogP contribution in [0.3, 0.4) is 0 Å². The second-order valence-electron chi connectivity index (χ2n) is 6.19. The van der Waals surface area contributed by atoms with Crippen molar-refractivity contribution in [3.8, 4) is 0 Å². The average Bonchev–Trinajstić information content (AvgIpc) is 2.55. The van der Waals surface area contributed by atoms with E-state index in [0.29, 0.717) is 0 Å². The van der Waals surface area contributed by atoms with Gasteiger partial charge in [0.15, 0.2) is 6.20 Å². The number of β-amino-alcohol motifs (C(OH)–C–C–N with tert-alkyl or cyclic N) is 1. The number of aromatic nitrogens is 1. The van der Waals surface area contributed by atoms with E-state index in [9.17, 15) is 15.2 Å². The second kappa shape index (κ2) is 7.23. The standard InChI is InChI=1S/C14H20N4O3.C2H6/c1-16-9-14(19,10-16)11-3-2-6-17(8-11)12-4-5-13(15-7-12)18(20)21;1-2/h4-5,7,11,19H,2-3,6,8-10H2,1H3;1-2H3. The summed E-state index contributed by atoms with van der Waals surface area (Å²) in [5.74, 6) is 0.115. The molecule has 0 aliphatic carbocycles. The van der Waals surface area contributed by atoms with Crippen LogP contribution >= 0.6 is 0 Å². The molecule has 1 unspecified atom stereocenters. The number of likely N-dealkylation sites (tertiary alicyclic amines) is 1. The highest BCUT2D eigenvalue weighted by Crippen LogP contribution is 2.35. The van der Waals surface area contributed by atoms with E-state index in [1.54, 1.807) is 12.3 Å². The van der Waals surface area contributed by atoms with Crippen LogP contribution in [-0.2, 0) is 0 Å². The number of pyridine rings is 1. The third kappa shape index (κ3) is 3.79. The van der Waals surface area contributed by atoms with Gasteiger partial charge in [0, 0.05) is 38.2 Å². The SMILES string of the molecule is CC.CN1CC(O)(C2CCCN(c3ccc([N+](=O)[O-])nc3)C2)C1. The number of piperidine rings is 1. The molecular weight excluding hydrogens is 296 g/mol. The lowest BCUT2D eigenvalue weighted by Crippen LogP contribution is -2.66. The summed E-state index contributed by atoms with van der Waals surface area (Å²) in [6.07, 6.45) is 3.60. The van der Waals surface area contributed by atoms with Gasteiger partial charge in [-0.1, -0.05) is 13.8 Å². The zero-order valence-electron chi connectivity index (χ0n) is 14.1. The normalized spacial score (nSPS) is 23.5. The molecule has 2 aliphatic rings. The third-order valence-electron chi connectivity index (χ3n) is 4.55. The molecule has 0 amide bonds. The first-order valence-electron chi connectivity index (χ1n) is 8.24. The maximum atomic E-state index is 10.6. The zero-order valence-corrected chi connectivity index (χ0v) is 14.1. The Labute approximate surface area is 137 Å². The van der Waals surface area contributed by atoms with E-state index in [1.807, 2.05) is 20.9 Å². The molecule has 1 atom stereocenters. The lowest BCUT2D eigenvalue weighted by molar-refractivity contribution is -0.389. The summed E-state index contributed by atoms with van der Waals surface area (Å²) in [5.41, 5.74) is 0.309. The highest BCUT2D eigenvalue weighted by atomic mass is 16.6. The van der Waals surface area contributed by atoms with Crippen molar-refractivity contribution in [1.29, 1.82) is 0 Å². The number of likely N-dealkylation sites (N-methyl/N-ethyl adjacent to an activating group) is 1. The number of nitrogens with zero attached hydrogens (tertiary/aromatic N) is 4. The number of anilines is 1. The fourth-order valence-electron chi connectivity index (χ4n) is 3.47. The molecule has 0 bridgehead atoms. The van der Waals surface area contributed by atoms with Crippen molar-refractivity contribution in [3.63, 3.8) is 0 Å². The summed E-state index contributed by atoms with van der Waals surface area (Å²) in [7, 11) is 2.01. The molecule has 0 radical (unpaired) electrons. The maximum absolute atomic E-state index is 10.6. The van der Waals surface area contributed by atoms with Gasteiger partial charge in [-0.05, 0) is 35.9 Å². The molecule has 7 heteroatoms. The number of rotatable bonds is 3. The first-order chi connectivity index (χ1) is 11.0. The Balaban J connectivity index is 0.000000924. The molecule has 0 aromatic carbocycles. The summed E-state index contributed by atoms with van der Waals surface area (Å²) in [6, 6.07) is 3.18. The van der Waals surface area contributed by atoms with Gasteiger partial charge in [-0.25, -0.2) is 0 Å². The van der Waals surface area contributed by atoms with E-state index < -0.39 is 10.5 Å². The van der Waals surface area contributed by atoms with Crippen LogP contribution in [0.1, 0.15) is 26.7 Å². The van der Waals surface area contributed by atoms with Crippen LogP contribution in [0.25, 0.3) is 0 Å². The maximum Gasteiger partial charge on any atom is 0.363 e. The molecule has 1 aromatic rings. The monoisotopic (exact) mass is 322 g/mol. The van der Waals surface area contributed by atoms with Crippen molar-refractivity contribution in [2.75, 3.05) is 38.1 Å². The van der Waals surface area contributed by atoms with Gasteiger partial charge in [-0.3, -0.25) is 0 Å². The molecule has 1 N–H and O–H groups in total. The topological polar surface area (TPSA) is 82.7 Å². The smallest absolute Gasteiger partial charge is 0.363 e. The number of nitro groups is 1. The molecule has 1 aromatic heterocycles. The highest BCUT2D eigenvalue weighted by Gasteiger charge is 2.46. The Morgan fingerprint density at radius 3 is 2.61 bits per heavy atom. The van der Waals surface area contributed by atoms with Gasteiger partial charge in [-0.2, -0.15) is 0 Å². The lowest BCUT2D eigenvalue weighted by atomic mass is 9.76. The predicted octanol–water partition coefficient (Wildman–Crippen LogP) is 1.91. The molecule has 0 saturated carbocycles. The van der Waals surface area contributed by atoms with Crippen LogP contribution in [0.5, 0.6) is 0 Å². The fourth-order valence-corrected chi connectivity index (χ4v) is 3.47. The average molecular weight is 322 g/mol. The van der Waals surface area contributed by atoms with Crippen molar-refractivity contribution in [2.24, 2.45) is 5.92 Å². The minimum Gasteiger partial charge on any atom is -0.387 e. The lowest BCUT2D eigenvalue weighted by Gasteiger charge is -2.52. The van der Waals surface area contributed by atoms with Gasteiger partial charge in [0.25, 0.3) is 0 Å². The molecule has 3 rings (SSSR count). The van der Waals surface area contributed by atoms with E-state index in [-0.39, 0.29) is 11.7 Å². The van der Waals surface area contributed by atoms with E-state index in [4.69, 9.17) is 0 Å². The predicted molar refractivity (Wildman–Crippen MR) is 89.6 cm³/mol. The summed E-state index contributed by atoms with van der Waals surface area (Å²) >= 11 is 0. The molecule has 2 saturated heterocycles. The fraction of sp³-hybridized carbons (Fsp3) is 0.688. The van der Waals surface area contributed by atoms with Crippen LogP contribution in [-0.4, -0.2) is 58.7 Å². The quantitative estimate of drug-likeness (QED) is 0.676. The Morgan fingerprint density at radius 2 is 2.09 bits per heavy atom. The largest absolute Gasteiger partial charge is 0.387 e. The number of hydrogen-bond acceptors (Lipinski definition) is 6. The van der Waals surface area contributed by atoms with Gasteiger partial charge in [-0.15, -0.1) is 0 Å². The Bertz CT molecular complexity index is 529. The number of aliphatic hydroxyl groups is 1. The molecule has 0 spiro atoms.